The van der Waals surface area contributed by atoms with Gasteiger partial charge in [-0.2, -0.15) is 0 Å². The number of hydrogen-bond acceptors (Lipinski definition) is 5. The van der Waals surface area contributed by atoms with Crippen LogP contribution in [0.4, 0.5) is 0 Å². The van der Waals surface area contributed by atoms with Crippen LogP contribution in [0.3, 0.4) is 0 Å². The van der Waals surface area contributed by atoms with E-state index in [-0.39, 0.29) is 18.5 Å². The number of carbonyl (C=O) groups excluding carboxylic acids is 2. The van der Waals surface area contributed by atoms with E-state index >= 15 is 0 Å². The molecule has 0 spiro atoms. The first-order chi connectivity index (χ1) is 34.5. The van der Waals surface area contributed by atoms with Crippen LogP contribution in [0.5, 0.6) is 0 Å². The highest BCUT2D eigenvalue weighted by Crippen LogP contribution is 2.16. The van der Waals surface area contributed by atoms with Gasteiger partial charge in [-0.1, -0.05) is 274 Å². The van der Waals surface area contributed by atoms with Gasteiger partial charge in [0.05, 0.1) is 25.4 Å². The molecule has 0 aliphatic rings. The predicted molar refractivity (Wildman–Crippen MR) is 305 cm³/mol. The molecule has 6 nitrogen and oxygen atoms in total. The third-order valence-electron chi connectivity index (χ3n) is 13.8. The number of nitrogens with one attached hydrogen (secondary N) is 1. The average Bonchev–Trinajstić information content (AvgIpc) is 3.36. The van der Waals surface area contributed by atoms with E-state index in [0.717, 1.165) is 57.8 Å². The van der Waals surface area contributed by atoms with Crippen LogP contribution in [0.1, 0.15) is 309 Å². The summed E-state index contributed by atoms with van der Waals surface area (Å²) >= 11 is 0. The van der Waals surface area contributed by atoms with Gasteiger partial charge < -0.3 is 20.3 Å². The minimum absolute atomic E-state index is 0.0225. The topological polar surface area (TPSA) is 95.9 Å². The third-order valence-corrected chi connectivity index (χ3v) is 13.8. The Morgan fingerprint density at radius 2 is 0.729 bits per heavy atom. The van der Waals surface area contributed by atoms with E-state index in [1.165, 1.54) is 218 Å². The highest BCUT2D eigenvalue weighted by Gasteiger charge is 2.17. The molecular weight excluding hydrogens is 863 g/mol. The fourth-order valence-corrected chi connectivity index (χ4v) is 9.07. The molecule has 0 saturated carbocycles. The zero-order chi connectivity index (χ0) is 50.7. The van der Waals surface area contributed by atoms with Crippen LogP contribution in [0.2, 0.25) is 0 Å². The van der Waals surface area contributed by atoms with Crippen LogP contribution in [-0.2, 0) is 14.3 Å². The molecule has 0 aromatic rings. The van der Waals surface area contributed by atoms with Gasteiger partial charge in [-0.05, 0) is 83.5 Å². The number of aliphatic hydroxyl groups excluding tert-OH is 2. The normalized spacial score (nSPS) is 13.0. The summed E-state index contributed by atoms with van der Waals surface area (Å²) in [5, 5.41) is 23.1. The molecule has 0 aliphatic carbocycles. The van der Waals surface area contributed by atoms with E-state index in [1.54, 1.807) is 6.08 Å². The molecule has 408 valence electrons. The smallest absolute Gasteiger partial charge is 0.305 e. The van der Waals surface area contributed by atoms with Crippen LogP contribution in [0, 0.1) is 0 Å². The Morgan fingerprint density at radius 1 is 0.400 bits per heavy atom. The van der Waals surface area contributed by atoms with Gasteiger partial charge in [0.2, 0.25) is 5.91 Å². The van der Waals surface area contributed by atoms with Gasteiger partial charge >= 0.3 is 5.97 Å². The lowest BCUT2D eigenvalue weighted by Gasteiger charge is -2.19. The number of unbranched alkanes of at least 4 members (excludes halogenated alkanes) is 37. The molecule has 0 heterocycles. The summed E-state index contributed by atoms with van der Waals surface area (Å²) in [6.07, 6.45) is 76.9. The summed E-state index contributed by atoms with van der Waals surface area (Å²) in [4.78, 5) is 24.5. The molecule has 0 aliphatic heterocycles. The van der Waals surface area contributed by atoms with Crippen LogP contribution in [0.25, 0.3) is 0 Å². The van der Waals surface area contributed by atoms with Gasteiger partial charge in [0.1, 0.15) is 0 Å². The van der Waals surface area contributed by atoms with Crippen molar-refractivity contribution in [1.29, 1.82) is 0 Å². The predicted octanol–water partition coefficient (Wildman–Crippen LogP) is 19.1. The maximum Gasteiger partial charge on any atom is 0.305 e. The summed E-state index contributed by atoms with van der Waals surface area (Å²) in [6, 6.07) is -0.675. The molecular formula is C64H117NO5. The van der Waals surface area contributed by atoms with E-state index in [9.17, 15) is 19.8 Å². The van der Waals surface area contributed by atoms with Crippen molar-refractivity contribution in [2.75, 3.05) is 13.2 Å². The number of hydrogen-bond donors (Lipinski definition) is 3. The van der Waals surface area contributed by atoms with Crippen molar-refractivity contribution in [2.24, 2.45) is 0 Å². The molecule has 0 aromatic carbocycles. The molecule has 1 amide bonds. The Bertz CT molecular complexity index is 1220. The number of ether oxygens (including phenoxy) is 1. The second kappa shape index (κ2) is 59.1. The maximum atomic E-state index is 12.4. The number of carbonyl (C=O) groups is 2. The van der Waals surface area contributed by atoms with Gasteiger partial charge in [0.25, 0.3) is 0 Å². The first kappa shape index (κ1) is 67.6. The lowest BCUT2D eigenvalue weighted by Crippen LogP contribution is -2.45. The Morgan fingerprint density at radius 3 is 1.14 bits per heavy atom. The van der Waals surface area contributed by atoms with Crippen molar-refractivity contribution in [3.8, 4) is 0 Å². The second-order valence-corrected chi connectivity index (χ2v) is 20.7. The molecule has 0 saturated heterocycles. The minimum Gasteiger partial charge on any atom is -0.466 e. The van der Waals surface area contributed by atoms with Crippen molar-refractivity contribution >= 4 is 11.9 Å². The molecule has 2 atom stereocenters. The van der Waals surface area contributed by atoms with E-state index in [1.807, 2.05) is 12.2 Å². The van der Waals surface area contributed by atoms with Crippen LogP contribution >= 0.6 is 0 Å². The summed E-state index contributed by atoms with van der Waals surface area (Å²) in [7, 11) is 0. The van der Waals surface area contributed by atoms with Gasteiger partial charge in [0, 0.05) is 12.8 Å². The fraction of sp³-hybridized carbons (Fsp3) is 0.812. The van der Waals surface area contributed by atoms with Crippen molar-refractivity contribution in [1.82, 2.24) is 5.32 Å². The lowest BCUT2D eigenvalue weighted by molar-refractivity contribution is -0.143. The molecule has 6 heteroatoms. The number of aliphatic hydroxyl groups is 2. The fourth-order valence-electron chi connectivity index (χ4n) is 9.07. The Labute approximate surface area is 435 Å². The summed E-state index contributed by atoms with van der Waals surface area (Å²) in [6.45, 7) is 4.82. The molecule has 0 aromatic heterocycles. The number of rotatable bonds is 56. The molecule has 0 bridgehead atoms. The van der Waals surface area contributed by atoms with E-state index in [4.69, 9.17) is 4.74 Å². The van der Waals surface area contributed by atoms with Crippen LogP contribution in [0.15, 0.2) is 60.8 Å². The summed E-state index contributed by atoms with van der Waals surface area (Å²) < 4.78 is 5.47. The van der Waals surface area contributed by atoms with Gasteiger partial charge in [-0.15, -0.1) is 0 Å². The molecule has 3 N–H and O–H groups in total. The highest BCUT2D eigenvalue weighted by molar-refractivity contribution is 5.76. The summed E-state index contributed by atoms with van der Waals surface area (Å²) in [5.74, 6) is -0.170. The standard InChI is InChI=1S/C64H117NO5/c1-3-5-7-9-11-13-15-17-19-21-23-24-26-27-29-32-36-40-44-48-52-56-62(67)61(60-66)65-63(68)57-53-49-45-41-37-33-31-35-39-43-47-51-55-59-70-64(69)58-54-50-46-42-38-34-30-28-25-22-20-18-16-14-12-10-8-6-4-2/h12,14,18,20,33,37,45,49,52,56,61-62,66-67H,3-11,13,15-17,19,21-32,34-36,38-44,46-48,50-51,53-55,57-60H2,1-2H3,(H,65,68)/b14-12-,20-18-,37-33-,49-45-,56-52+. The Balaban J connectivity index is 3.56. The SMILES string of the molecule is CCCCC/C=C\C/C=C\CCCCCCCCCCCC(=O)OCCCCCCCC/C=C\C/C=C\CCC(=O)NC(CO)C(O)/C=C/CCCCCCCCCCCCCCCCCCCCC. The first-order valence-electron chi connectivity index (χ1n) is 30.6. The molecule has 0 rings (SSSR count). The van der Waals surface area contributed by atoms with Crippen molar-refractivity contribution in [2.45, 2.75) is 321 Å². The quantitative estimate of drug-likeness (QED) is 0.0321. The zero-order valence-electron chi connectivity index (χ0n) is 46.5. The van der Waals surface area contributed by atoms with E-state index < -0.39 is 12.1 Å². The average molecular weight is 981 g/mol. The Hall–Kier alpha value is -2.44. The zero-order valence-corrected chi connectivity index (χ0v) is 46.5. The monoisotopic (exact) mass is 980 g/mol. The third kappa shape index (κ3) is 54.9. The van der Waals surface area contributed by atoms with Crippen LogP contribution in [-0.4, -0.2) is 47.4 Å². The summed E-state index contributed by atoms with van der Waals surface area (Å²) in [5.41, 5.74) is 0. The van der Waals surface area contributed by atoms with E-state index in [0.29, 0.717) is 25.9 Å². The molecule has 70 heavy (non-hydrogen) atoms. The minimum atomic E-state index is -0.882. The number of allylic oxidation sites excluding steroid dienone is 9. The molecule has 0 fully saturated rings. The second-order valence-electron chi connectivity index (χ2n) is 20.7. The van der Waals surface area contributed by atoms with Crippen molar-refractivity contribution in [3.63, 3.8) is 0 Å². The highest BCUT2D eigenvalue weighted by atomic mass is 16.5. The van der Waals surface area contributed by atoms with Crippen molar-refractivity contribution < 1.29 is 24.5 Å². The number of amides is 1. The van der Waals surface area contributed by atoms with Crippen molar-refractivity contribution in [3.05, 3.63) is 60.8 Å². The van der Waals surface area contributed by atoms with Gasteiger partial charge in [-0.3, -0.25) is 9.59 Å². The first-order valence-corrected chi connectivity index (χ1v) is 30.6. The lowest BCUT2D eigenvalue weighted by atomic mass is 10.0. The molecule has 2 unspecified atom stereocenters. The van der Waals surface area contributed by atoms with Gasteiger partial charge in [0.15, 0.2) is 0 Å². The van der Waals surface area contributed by atoms with Crippen LogP contribution < -0.4 is 5.32 Å². The van der Waals surface area contributed by atoms with Gasteiger partial charge in [-0.25, -0.2) is 0 Å². The number of esters is 1. The molecule has 0 radical (unpaired) electrons. The van der Waals surface area contributed by atoms with E-state index in [2.05, 4.69) is 61.7 Å². The maximum absolute atomic E-state index is 12.4. The largest absolute Gasteiger partial charge is 0.466 e. The Kier molecular flexibility index (Phi) is 57.1.